The first-order valence-corrected chi connectivity index (χ1v) is 6.59. The van der Waals surface area contributed by atoms with Gasteiger partial charge in [-0.1, -0.05) is 13.8 Å². The molecule has 1 aromatic rings. The zero-order valence-corrected chi connectivity index (χ0v) is 11.3. The molecule has 1 atom stereocenters. The molecule has 0 aromatic carbocycles. The molecule has 1 fully saturated rings. The van der Waals surface area contributed by atoms with Crippen molar-refractivity contribution in [2.45, 2.75) is 26.7 Å². The number of rotatable bonds is 4. The van der Waals surface area contributed by atoms with E-state index in [9.17, 15) is 9.59 Å². The lowest BCUT2D eigenvalue weighted by Gasteiger charge is -2.16. The number of carbonyl (C=O) groups is 2. The van der Waals surface area contributed by atoms with E-state index in [0.29, 0.717) is 11.8 Å². The van der Waals surface area contributed by atoms with Gasteiger partial charge >= 0.3 is 5.97 Å². The van der Waals surface area contributed by atoms with Gasteiger partial charge < -0.3 is 14.4 Å². The van der Waals surface area contributed by atoms with Crippen molar-refractivity contribution in [2.24, 2.45) is 11.8 Å². The Balaban J connectivity index is 1.98. The minimum Gasteiger partial charge on any atom is -0.475 e. The molecule has 1 unspecified atom stereocenters. The standard InChI is InChI=1S/C14H19NO4/c1-9(2)7-10-5-6-15(8-10)13(16)11-3-4-12(19-11)14(17)18/h3-4,9-10H,5-8H2,1-2H3,(H,17,18). The van der Waals surface area contributed by atoms with Crippen LogP contribution in [0.15, 0.2) is 16.5 Å². The van der Waals surface area contributed by atoms with Crippen LogP contribution in [0.4, 0.5) is 0 Å². The van der Waals surface area contributed by atoms with Gasteiger partial charge in [0.2, 0.25) is 5.76 Å². The quantitative estimate of drug-likeness (QED) is 0.907. The molecule has 2 heterocycles. The highest BCUT2D eigenvalue weighted by Gasteiger charge is 2.29. The Labute approximate surface area is 112 Å². The summed E-state index contributed by atoms with van der Waals surface area (Å²) in [6, 6.07) is 2.75. The average molecular weight is 265 g/mol. The van der Waals surface area contributed by atoms with Crippen LogP contribution in [0.1, 0.15) is 47.8 Å². The van der Waals surface area contributed by atoms with Crippen molar-refractivity contribution in [3.63, 3.8) is 0 Å². The number of hydrogen-bond donors (Lipinski definition) is 1. The third-order valence-electron chi connectivity index (χ3n) is 3.41. The summed E-state index contributed by atoms with van der Waals surface area (Å²) in [5, 5.41) is 8.77. The van der Waals surface area contributed by atoms with Gasteiger partial charge in [0.25, 0.3) is 5.91 Å². The molecule has 5 nitrogen and oxygen atoms in total. The van der Waals surface area contributed by atoms with Gasteiger partial charge in [0.1, 0.15) is 0 Å². The number of hydrogen-bond acceptors (Lipinski definition) is 3. The van der Waals surface area contributed by atoms with E-state index in [2.05, 4.69) is 13.8 Å². The first kappa shape index (κ1) is 13.6. The molecule has 19 heavy (non-hydrogen) atoms. The Kier molecular flexibility index (Phi) is 3.93. The van der Waals surface area contributed by atoms with Gasteiger partial charge in [-0.2, -0.15) is 0 Å². The molecule has 0 saturated carbocycles. The van der Waals surface area contributed by atoms with Crippen LogP contribution >= 0.6 is 0 Å². The number of carbonyl (C=O) groups excluding carboxylic acids is 1. The third kappa shape index (κ3) is 3.16. The van der Waals surface area contributed by atoms with Crippen LogP contribution in [-0.2, 0) is 0 Å². The Morgan fingerprint density at radius 1 is 1.42 bits per heavy atom. The predicted octanol–water partition coefficient (Wildman–Crippen LogP) is 2.49. The molecule has 0 bridgehead atoms. The molecule has 104 valence electrons. The second-order valence-corrected chi connectivity index (χ2v) is 5.50. The summed E-state index contributed by atoms with van der Waals surface area (Å²) in [5.41, 5.74) is 0. The summed E-state index contributed by atoms with van der Waals surface area (Å²) in [7, 11) is 0. The van der Waals surface area contributed by atoms with Gasteiger partial charge in [0.05, 0.1) is 0 Å². The van der Waals surface area contributed by atoms with E-state index in [1.165, 1.54) is 12.1 Å². The second kappa shape index (κ2) is 5.47. The fourth-order valence-electron chi connectivity index (χ4n) is 2.60. The lowest BCUT2D eigenvalue weighted by molar-refractivity contribution is 0.0653. The Hall–Kier alpha value is -1.78. The van der Waals surface area contributed by atoms with Gasteiger partial charge in [0.15, 0.2) is 5.76 Å². The van der Waals surface area contributed by atoms with E-state index in [4.69, 9.17) is 9.52 Å². The molecule has 0 spiro atoms. The lowest BCUT2D eigenvalue weighted by Crippen LogP contribution is -2.28. The van der Waals surface area contributed by atoms with Crippen LogP contribution in [0.2, 0.25) is 0 Å². The summed E-state index contributed by atoms with van der Waals surface area (Å²) in [6.07, 6.45) is 2.12. The number of aromatic carboxylic acids is 1. The maximum Gasteiger partial charge on any atom is 0.371 e. The van der Waals surface area contributed by atoms with Crippen molar-refractivity contribution in [1.82, 2.24) is 4.90 Å². The Bertz CT molecular complexity index is 478. The van der Waals surface area contributed by atoms with Crippen molar-refractivity contribution in [3.8, 4) is 0 Å². The summed E-state index contributed by atoms with van der Waals surface area (Å²) >= 11 is 0. The van der Waals surface area contributed by atoms with Crippen LogP contribution in [-0.4, -0.2) is 35.0 Å². The first-order valence-electron chi connectivity index (χ1n) is 6.59. The van der Waals surface area contributed by atoms with Crippen LogP contribution in [0.3, 0.4) is 0 Å². The minimum absolute atomic E-state index is 0.114. The normalized spacial score (nSPS) is 19.1. The van der Waals surface area contributed by atoms with E-state index < -0.39 is 5.97 Å². The average Bonchev–Trinajstić information content (AvgIpc) is 2.95. The SMILES string of the molecule is CC(C)CC1CCN(C(=O)c2ccc(C(=O)O)o2)C1. The Morgan fingerprint density at radius 2 is 2.11 bits per heavy atom. The minimum atomic E-state index is -1.15. The fraction of sp³-hybridized carbons (Fsp3) is 0.571. The number of carboxylic acid groups (broad SMARTS) is 1. The van der Waals surface area contributed by atoms with Crippen LogP contribution in [0.5, 0.6) is 0 Å². The highest BCUT2D eigenvalue weighted by molar-refractivity contribution is 5.93. The summed E-state index contributed by atoms with van der Waals surface area (Å²) in [4.78, 5) is 24.6. The van der Waals surface area contributed by atoms with Crippen molar-refractivity contribution >= 4 is 11.9 Å². The largest absolute Gasteiger partial charge is 0.475 e. The maximum absolute atomic E-state index is 12.2. The highest BCUT2D eigenvalue weighted by atomic mass is 16.4. The summed E-state index contributed by atoms with van der Waals surface area (Å²) in [5.74, 6) is -0.277. The predicted molar refractivity (Wildman–Crippen MR) is 69.1 cm³/mol. The zero-order chi connectivity index (χ0) is 14.0. The first-order chi connectivity index (χ1) is 8.97. The zero-order valence-electron chi connectivity index (χ0n) is 11.3. The van der Waals surface area contributed by atoms with Gasteiger partial charge in [-0.05, 0) is 36.8 Å². The molecular weight excluding hydrogens is 246 g/mol. The number of carboxylic acids is 1. The van der Waals surface area contributed by atoms with Crippen LogP contribution in [0.25, 0.3) is 0 Å². The molecule has 1 N–H and O–H groups in total. The number of furan rings is 1. The van der Waals surface area contributed by atoms with Gasteiger partial charge in [-0.25, -0.2) is 4.79 Å². The van der Waals surface area contributed by atoms with Crippen molar-refractivity contribution in [1.29, 1.82) is 0 Å². The van der Waals surface area contributed by atoms with E-state index in [1.54, 1.807) is 4.90 Å². The van der Waals surface area contributed by atoms with E-state index >= 15 is 0 Å². The summed E-state index contributed by atoms with van der Waals surface area (Å²) < 4.78 is 5.04. The molecule has 2 rings (SSSR count). The summed E-state index contributed by atoms with van der Waals surface area (Å²) in [6.45, 7) is 5.81. The van der Waals surface area contributed by atoms with E-state index in [0.717, 1.165) is 25.9 Å². The molecule has 1 saturated heterocycles. The van der Waals surface area contributed by atoms with Crippen molar-refractivity contribution in [3.05, 3.63) is 23.7 Å². The fourth-order valence-corrected chi connectivity index (χ4v) is 2.60. The number of likely N-dealkylation sites (tertiary alicyclic amines) is 1. The monoisotopic (exact) mass is 265 g/mol. The maximum atomic E-state index is 12.2. The molecule has 0 radical (unpaired) electrons. The van der Waals surface area contributed by atoms with Crippen molar-refractivity contribution < 1.29 is 19.1 Å². The Morgan fingerprint density at radius 3 is 2.68 bits per heavy atom. The van der Waals surface area contributed by atoms with Gasteiger partial charge in [-0.15, -0.1) is 0 Å². The highest BCUT2D eigenvalue weighted by Crippen LogP contribution is 2.24. The number of nitrogens with zero attached hydrogens (tertiary/aromatic N) is 1. The molecule has 0 aliphatic carbocycles. The number of amides is 1. The topological polar surface area (TPSA) is 70.8 Å². The molecule has 1 amide bonds. The van der Waals surface area contributed by atoms with Crippen LogP contribution < -0.4 is 0 Å². The molecule has 1 aliphatic rings. The third-order valence-corrected chi connectivity index (χ3v) is 3.41. The smallest absolute Gasteiger partial charge is 0.371 e. The van der Waals surface area contributed by atoms with Crippen LogP contribution in [0, 0.1) is 11.8 Å². The second-order valence-electron chi connectivity index (χ2n) is 5.50. The van der Waals surface area contributed by atoms with Gasteiger partial charge in [0, 0.05) is 13.1 Å². The molecular formula is C14H19NO4. The van der Waals surface area contributed by atoms with Crippen molar-refractivity contribution in [2.75, 3.05) is 13.1 Å². The molecule has 5 heteroatoms. The van der Waals surface area contributed by atoms with E-state index in [-0.39, 0.29) is 17.4 Å². The molecule has 1 aliphatic heterocycles. The van der Waals surface area contributed by atoms with Gasteiger partial charge in [-0.3, -0.25) is 4.79 Å². The molecule has 1 aromatic heterocycles. The van der Waals surface area contributed by atoms with E-state index in [1.807, 2.05) is 0 Å². The lowest BCUT2D eigenvalue weighted by atomic mass is 9.97.